The summed E-state index contributed by atoms with van der Waals surface area (Å²) in [7, 11) is 0. The van der Waals surface area contributed by atoms with Gasteiger partial charge in [-0.15, -0.1) is 0 Å². The number of likely N-dealkylation sites (tertiary alicyclic amines) is 1. The van der Waals surface area contributed by atoms with E-state index < -0.39 is 17.7 Å². The number of hydrogen-bond donors (Lipinski definition) is 2. The third kappa shape index (κ3) is 8.57. The van der Waals surface area contributed by atoms with E-state index in [2.05, 4.69) is 24.1 Å². The molecule has 0 radical (unpaired) electrons. The molecule has 3 N–H and O–H groups in total. The number of alkyl carbamates (subject to hydrolysis) is 1. The molecule has 2 unspecified atom stereocenters. The van der Waals surface area contributed by atoms with Crippen molar-refractivity contribution in [2.45, 2.75) is 103 Å². The number of nitrogens with zero attached hydrogens (tertiary/aromatic N) is 1. The van der Waals surface area contributed by atoms with E-state index in [0.29, 0.717) is 18.9 Å². The highest BCUT2D eigenvalue weighted by atomic mass is 16.6. The number of hydrogen-bond acceptors (Lipinski definition) is 6. The molecule has 2 aromatic carbocycles. The number of esters is 1. The molecule has 7 nitrogen and oxygen atoms in total. The van der Waals surface area contributed by atoms with Crippen LogP contribution in [0.2, 0.25) is 0 Å². The van der Waals surface area contributed by atoms with Crippen molar-refractivity contribution in [1.29, 1.82) is 0 Å². The van der Waals surface area contributed by atoms with Crippen LogP contribution in [0.1, 0.15) is 71.4 Å². The molecule has 0 saturated carbocycles. The van der Waals surface area contributed by atoms with Crippen LogP contribution in [0.3, 0.4) is 0 Å². The van der Waals surface area contributed by atoms with E-state index >= 15 is 0 Å². The highest BCUT2D eigenvalue weighted by Crippen LogP contribution is 2.33. The predicted molar refractivity (Wildman–Crippen MR) is 150 cm³/mol. The summed E-state index contributed by atoms with van der Waals surface area (Å²) in [6.07, 6.45) is 2.76. The van der Waals surface area contributed by atoms with Crippen molar-refractivity contribution in [3.05, 3.63) is 71.8 Å². The number of nitrogens with two attached hydrogens (primary N) is 1. The number of carbonyl (C=O) groups is 2. The molecule has 1 aliphatic rings. The van der Waals surface area contributed by atoms with Gasteiger partial charge in [-0.1, -0.05) is 87.4 Å². The van der Waals surface area contributed by atoms with Gasteiger partial charge in [-0.25, -0.2) is 4.79 Å². The average molecular weight is 524 g/mol. The maximum Gasteiger partial charge on any atom is 0.407 e. The summed E-state index contributed by atoms with van der Waals surface area (Å²) >= 11 is 0. The first kappa shape index (κ1) is 29.7. The molecule has 1 heterocycles. The zero-order valence-corrected chi connectivity index (χ0v) is 23.6. The highest BCUT2D eigenvalue weighted by Gasteiger charge is 2.49. The minimum absolute atomic E-state index is 0.174. The van der Waals surface area contributed by atoms with E-state index in [1.54, 1.807) is 0 Å². The molecule has 38 heavy (non-hydrogen) atoms. The lowest BCUT2D eigenvalue weighted by Gasteiger charge is -2.36. The van der Waals surface area contributed by atoms with Crippen molar-refractivity contribution in [3.63, 3.8) is 0 Å². The highest BCUT2D eigenvalue weighted by molar-refractivity contribution is 5.77. The number of benzene rings is 2. The normalized spacial score (nSPS) is 20.8. The zero-order valence-electron chi connectivity index (χ0n) is 23.6. The maximum atomic E-state index is 13.5. The number of ether oxygens (including phenoxy) is 2. The topological polar surface area (TPSA) is 93.9 Å². The van der Waals surface area contributed by atoms with Crippen molar-refractivity contribution in [2.24, 2.45) is 11.7 Å². The first-order valence-corrected chi connectivity index (χ1v) is 13.9. The summed E-state index contributed by atoms with van der Waals surface area (Å²) in [5, 5.41) is 3.06. The van der Waals surface area contributed by atoms with Crippen molar-refractivity contribution in [3.8, 4) is 0 Å². The summed E-state index contributed by atoms with van der Waals surface area (Å²) in [5.41, 5.74) is 8.28. The Morgan fingerprint density at radius 3 is 2.13 bits per heavy atom. The summed E-state index contributed by atoms with van der Waals surface area (Å²) in [5.74, 6) is 0.171. The van der Waals surface area contributed by atoms with Gasteiger partial charge in [0.05, 0.1) is 6.04 Å². The third-order valence-corrected chi connectivity index (χ3v) is 7.27. The van der Waals surface area contributed by atoms with Gasteiger partial charge < -0.3 is 20.5 Å². The van der Waals surface area contributed by atoms with Crippen LogP contribution >= 0.6 is 0 Å². The first-order chi connectivity index (χ1) is 18.1. The van der Waals surface area contributed by atoms with E-state index in [4.69, 9.17) is 15.2 Å². The van der Waals surface area contributed by atoms with Crippen LogP contribution in [0.25, 0.3) is 0 Å². The van der Waals surface area contributed by atoms with Crippen LogP contribution in [0.4, 0.5) is 4.79 Å². The van der Waals surface area contributed by atoms with Crippen LogP contribution in [0, 0.1) is 5.92 Å². The smallest absolute Gasteiger partial charge is 0.407 e. The van der Waals surface area contributed by atoms with Crippen molar-refractivity contribution < 1.29 is 19.1 Å². The van der Waals surface area contributed by atoms with Gasteiger partial charge in [0, 0.05) is 18.6 Å². The molecule has 2 aromatic rings. The Morgan fingerprint density at radius 1 is 1.00 bits per heavy atom. The van der Waals surface area contributed by atoms with E-state index in [-0.39, 0.29) is 30.7 Å². The molecule has 1 amide bonds. The second-order valence-electron chi connectivity index (χ2n) is 11.3. The zero-order chi connectivity index (χ0) is 27.7. The Morgan fingerprint density at radius 2 is 1.58 bits per heavy atom. The summed E-state index contributed by atoms with van der Waals surface area (Å²) < 4.78 is 11.4. The summed E-state index contributed by atoms with van der Waals surface area (Å²) in [6, 6.07) is 18.2. The van der Waals surface area contributed by atoms with Crippen LogP contribution in [-0.2, 0) is 27.4 Å². The average Bonchev–Trinajstić information content (AvgIpc) is 3.23. The Balaban J connectivity index is 1.87. The maximum absolute atomic E-state index is 13.5. The summed E-state index contributed by atoms with van der Waals surface area (Å²) in [4.78, 5) is 28.5. The van der Waals surface area contributed by atoms with Crippen LogP contribution in [-0.4, -0.2) is 46.7 Å². The van der Waals surface area contributed by atoms with Crippen LogP contribution in [0.15, 0.2) is 60.7 Å². The monoisotopic (exact) mass is 523 g/mol. The number of carbonyl (C=O) groups excluding carboxylic acids is 2. The van der Waals surface area contributed by atoms with Crippen molar-refractivity contribution >= 4 is 12.1 Å². The minimum Gasteiger partial charge on any atom is -0.459 e. The second-order valence-corrected chi connectivity index (χ2v) is 11.3. The van der Waals surface area contributed by atoms with Crippen molar-refractivity contribution in [1.82, 2.24) is 10.2 Å². The standard InChI is InChI=1S/C31H45N3O4/c1-6-22(7-2)18-25(32)28-26(33-30(36)37-21-24-16-12-9-13-17-24)19-27(29(35)38-31(3,4)5)34(28)20-23-14-10-8-11-15-23/h8-17,22,25-28H,6-7,18-21,32H2,1-5H3,(H,33,36)/t25?,26-,27-,28?/m1/s1. The van der Waals surface area contributed by atoms with Gasteiger partial charge >= 0.3 is 12.1 Å². The lowest BCUT2D eigenvalue weighted by Crippen LogP contribution is -2.55. The molecule has 0 bridgehead atoms. The van der Waals surface area contributed by atoms with Crippen LogP contribution in [0.5, 0.6) is 0 Å². The van der Waals surface area contributed by atoms with E-state index in [1.807, 2.05) is 81.4 Å². The molecule has 1 aliphatic heterocycles. The Labute approximate surface area is 228 Å². The van der Waals surface area contributed by atoms with Gasteiger partial charge in [0.2, 0.25) is 0 Å². The molecule has 208 valence electrons. The van der Waals surface area contributed by atoms with Gasteiger partial charge in [-0.05, 0) is 50.7 Å². The number of amides is 1. The minimum atomic E-state index is -0.622. The Kier molecular flexibility index (Phi) is 10.7. The predicted octanol–water partition coefficient (Wildman–Crippen LogP) is 5.42. The summed E-state index contributed by atoms with van der Waals surface area (Å²) in [6.45, 7) is 10.7. The first-order valence-electron chi connectivity index (χ1n) is 13.9. The van der Waals surface area contributed by atoms with Gasteiger partial charge in [0.15, 0.2) is 0 Å². The van der Waals surface area contributed by atoms with Gasteiger partial charge in [-0.3, -0.25) is 9.69 Å². The van der Waals surface area contributed by atoms with Gasteiger partial charge in [0.25, 0.3) is 0 Å². The van der Waals surface area contributed by atoms with E-state index in [1.165, 1.54) is 0 Å². The van der Waals surface area contributed by atoms with Crippen molar-refractivity contribution in [2.75, 3.05) is 0 Å². The Hall–Kier alpha value is -2.90. The molecule has 1 saturated heterocycles. The Bertz CT molecular complexity index is 1000. The van der Waals surface area contributed by atoms with Gasteiger partial charge in [0.1, 0.15) is 18.2 Å². The SMILES string of the molecule is CCC(CC)CC(N)C1[C@H](NC(=O)OCc2ccccc2)C[C@H](C(=O)OC(C)(C)C)N1Cc1ccccc1. The lowest BCUT2D eigenvalue weighted by molar-refractivity contribution is -0.161. The number of nitrogens with one attached hydrogen (secondary N) is 1. The molecule has 7 heteroatoms. The lowest BCUT2D eigenvalue weighted by atomic mass is 9.89. The number of rotatable bonds is 11. The molecule has 0 aromatic heterocycles. The molecular formula is C31H45N3O4. The van der Waals surface area contributed by atoms with Gasteiger partial charge in [-0.2, -0.15) is 0 Å². The molecule has 0 aliphatic carbocycles. The molecular weight excluding hydrogens is 478 g/mol. The van der Waals surface area contributed by atoms with E-state index in [9.17, 15) is 9.59 Å². The quantitative estimate of drug-likeness (QED) is 0.382. The largest absolute Gasteiger partial charge is 0.459 e. The molecule has 3 rings (SSSR count). The fraction of sp³-hybridized carbons (Fsp3) is 0.548. The molecule has 1 fully saturated rings. The van der Waals surface area contributed by atoms with Crippen LogP contribution < -0.4 is 11.1 Å². The molecule has 4 atom stereocenters. The van der Waals surface area contributed by atoms with E-state index in [0.717, 1.165) is 30.4 Å². The third-order valence-electron chi connectivity index (χ3n) is 7.27. The molecule has 0 spiro atoms. The second kappa shape index (κ2) is 13.8. The fourth-order valence-electron chi connectivity index (χ4n) is 5.32. The fourth-order valence-corrected chi connectivity index (χ4v) is 5.32.